The second-order valence-electron chi connectivity index (χ2n) is 7.12. The van der Waals surface area contributed by atoms with E-state index in [1.54, 1.807) is 7.11 Å². The van der Waals surface area contributed by atoms with Crippen LogP contribution in [0.15, 0.2) is 84.9 Å². The van der Waals surface area contributed by atoms with E-state index in [2.05, 4.69) is 65.2 Å². The van der Waals surface area contributed by atoms with E-state index < -0.39 is 0 Å². The molecule has 0 saturated heterocycles. The van der Waals surface area contributed by atoms with Gasteiger partial charge >= 0.3 is 0 Å². The van der Waals surface area contributed by atoms with Gasteiger partial charge in [-0.2, -0.15) is 0 Å². The van der Waals surface area contributed by atoms with Gasteiger partial charge in [0.15, 0.2) is 11.5 Å². The summed E-state index contributed by atoms with van der Waals surface area (Å²) in [4.78, 5) is 0. The van der Waals surface area contributed by atoms with E-state index >= 15 is 0 Å². The monoisotopic (exact) mass is 382 g/mol. The summed E-state index contributed by atoms with van der Waals surface area (Å²) in [6.07, 6.45) is -0.0485. The molecule has 0 saturated carbocycles. The maximum Gasteiger partial charge on any atom is 0.161 e. The molecule has 5 rings (SSSR count). The van der Waals surface area contributed by atoms with Crippen molar-refractivity contribution in [2.75, 3.05) is 17.7 Å². The Morgan fingerprint density at radius 3 is 2.17 bits per heavy atom. The predicted molar refractivity (Wildman–Crippen MR) is 118 cm³/mol. The maximum absolute atomic E-state index is 5.99. The normalized spacial score (nSPS) is 12.9. The summed E-state index contributed by atoms with van der Waals surface area (Å²) in [6, 6.07) is 28.9. The Kier molecular flexibility index (Phi) is 4.45. The lowest BCUT2D eigenvalue weighted by Gasteiger charge is -2.30. The lowest BCUT2D eigenvalue weighted by Crippen LogP contribution is -2.23. The van der Waals surface area contributed by atoms with Crippen LogP contribution in [0.5, 0.6) is 11.5 Å². The highest BCUT2D eigenvalue weighted by atomic mass is 16.5. The lowest BCUT2D eigenvalue weighted by atomic mass is 10.0. The number of hydrogen-bond donors (Lipinski definition) is 2. The van der Waals surface area contributed by atoms with Gasteiger partial charge in [-0.25, -0.2) is 0 Å². The first-order valence-electron chi connectivity index (χ1n) is 9.71. The number of benzene rings is 4. The molecule has 4 aromatic rings. The van der Waals surface area contributed by atoms with E-state index in [9.17, 15) is 0 Å². The molecule has 0 atom stereocenters. The highest BCUT2D eigenvalue weighted by Crippen LogP contribution is 2.40. The molecule has 1 heterocycles. The van der Waals surface area contributed by atoms with E-state index in [-0.39, 0.29) is 6.17 Å². The number of anilines is 2. The van der Waals surface area contributed by atoms with E-state index in [4.69, 9.17) is 9.47 Å². The van der Waals surface area contributed by atoms with Crippen molar-refractivity contribution >= 4 is 22.1 Å². The molecular weight excluding hydrogens is 360 g/mol. The van der Waals surface area contributed by atoms with Crippen LogP contribution in [0.25, 0.3) is 10.8 Å². The molecule has 4 nitrogen and oxygen atoms in total. The summed E-state index contributed by atoms with van der Waals surface area (Å²) in [5, 5.41) is 9.64. The number of hydrogen-bond acceptors (Lipinski definition) is 4. The van der Waals surface area contributed by atoms with Gasteiger partial charge in [-0.1, -0.05) is 60.7 Å². The third-order valence-corrected chi connectivity index (χ3v) is 5.26. The van der Waals surface area contributed by atoms with Gasteiger partial charge in [0.25, 0.3) is 0 Å². The predicted octanol–water partition coefficient (Wildman–Crippen LogP) is 5.96. The average molecular weight is 382 g/mol. The van der Waals surface area contributed by atoms with Gasteiger partial charge in [-0.05, 0) is 40.8 Å². The largest absolute Gasteiger partial charge is 0.493 e. The van der Waals surface area contributed by atoms with Gasteiger partial charge < -0.3 is 20.1 Å². The maximum atomic E-state index is 5.99. The van der Waals surface area contributed by atoms with Crippen molar-refractivity contribution in [3.05, 3.63) is 96.1 Å². The second kappa shape index (κ2) is 7.40. The highest BCUT2D eigenvalue weighted by Gasteiger charge is 2.21. The molecule has 0 aromatic heterocycles. The van der Waals surface area contributed by atoms with Crippen molar-refractivity contribution in [1.29, 1.82) is 0 Å². The quantitative estimate of drug-likeness (QED) is 0.447. The third kappa shape index (κ3) is 3.34. The van der Waals surface area contributed by atoms with Gasteiger partial charge in [-0.3, -0.25) is 0 Å². The van der Waals surface area contributed by atoms with Crippen molar-refractivity contribution < 1.29 is 9.47 Å². The Morgan fingerprint density at radius 2 is 1.48 bits per heavy atom. The molecule has 2 N–H and O–H groups in total. The molecule has 1 aliphatic rings. The first kappa shape index (κ1) is 17.4. The first-order valence-corrected chi connectivity index (χ1v) is 9.71. The van der Waals surface area contributed by atoms with Crippen molar-refractivity contribution in [2.45, 2.75) is 12.8 Å². The summed E-state index contributed by atoms with van der Waals surface area (Å²) >= 11 is 0. The second-order valence-corrected chi connectivity index (χ2v) is 7.12. The fraction of sp³-hybridized carbons (Fsp3) is 0.120. The number of ether oxygens (including phenoxy) is 2. The van der Waals surface area contributed by atoms with Gasteiger partial charge in [0.1, 0.15) is 12.8 Å². The summed E-state index contributed by atoms with van der Waals surface area (Å²) in [5.41, 5.74) is 4.47. The van der Waals surface area contributed by atoms with Gasteiger partial charge in [-0.15, -0.1) is 0 Å². The SMILES string of the molecule is COc1cc(C2Nc3cccc4cccc(c34)N2)ccc1OCc1ccccc1. The Morgan fingerprint density at radius 1 is 0.759 bits per heavy atom. The van der Waals surface area contributed by atoms with Crippen molar-refractivity contribution in [1.82, 2.24) is 0 Å². The van der Waals surface area contributed by atoms with Crippen LogP contribution in [0, 0.1) is 0 Å². The standard InChI is InChI=1S/C25H22N2O2/c1-28-23-15-19(13-14-22(23)29-16-17-7-3-2-4-8-17)25-26-20-11-5-9-18-10-6-12-21(27-25)24(18)20/h2-15,25-27H,16H2,1H3. The highest BCUT2D eigenvalue weighted by molar-refractivity contribution is 6.04. The molecule has 0 fully saturated rings. The molecule has 0 aliphatic carbocycles. The summed E-state index contributed by atoms with van der Waals surface area (Å²) in [7, 11) is 1.67. The minimum Gasteiger partial charge on any atom is -0.493 e. The fourth-order valence-electron chi connectivity index (χ4n) is 3.81. The number of methoxy groups -OCH3 is 1. The van der Waals surface area contributed by atoms with Crippen LogP contribution in [0.4, 0.5) is 11.4 Å². The molecule has 0 amide bonds. The first-order chi connectivity index (χ1) is 14.3. The van der Waals surface area contributed by atoms with Gasteiger partial charge in [0.05, 0.1) is 7.11 Å². The summed E-state index contributed by atoms with van der Waals surface area (Å²) in [6.45, 7) is 0.506. The molecule has 0 spiro atoms. The van der Waals surface area contributed by atoms with E-state index in [1.165, 1.54) is 10.8 Å². The average Bonchev–Trinajstić information content (AvgIpc) is 2.78. The molecule has 29 heavy (non-hydrogen) atoms. The fourth-order valence-corrected chi connectivity index (χ4v) is 3.81. The Hall–Kier alpha value is -3.66. The third-order valence-electron chi connectivity index (χ3n) is 5.26. The zero-order valence-corrected chi connectivity index (χ0v) is 16.2. The van der Waals surface area contributed by atoms with Crippen molar-refractivity contribution in [3.8, 4) is 11.5 Å². The molecule has 0 bridgehead atoms. The van der Waals surface area contributed by atoms with E-state index in [0.29, 0.717) is 6.61 Å². The number of nitrogens with one attached hydrogen (secondary N) is 2. The van der Waals surface area contributed by atoms with Crippen LogP contribution in [0.3, 0.4) is 0 Å². The smallest absolute Gasteiger partial charge is 0.161 e. The molecule has 4 aromatic carbocycles. The van der Waals surface area contributed by atoms with Crippen molar-refractivity contribution in [2.24, 2.45) is 0 Å². The van der Waals surface area contributed by atoms with Crippen LogP contribution in [-0.2, 0) is 6.61 Å². The topological polar surface area (TPSA) is 42.5 Å². The molecule has 0 unspecified atom stereocenters. The van der Waals surface area contributed by atoms with Crippen LogP contribution in [0.2, 0.25) is 0 Å². The van der Waals surface area contributed by atoms with Gasteiger partial charge in [0, 0.05) is 16.8 Å². The minimum atomic E-state index is -0.0485. The Bertz CT molecular complexity index is 1120. The molecule has 144 valence electrons. The molecule has 4 heteroatoms. The molecular formula is C25H22N2O2. The van der Waals surface area contributed by atoms with Crippen LogP contribution >= 0.6 is 0 Å². The zero-order chi connectivity index (χ0) is 19.6. The summed E-state index contributed by atoms with van der Waals surface area (Å²) < 4.78 is 11.6. The zero-order valence-electron chi connectivity index (χ0n) is 16.2. The minimum absolute atomic E-state index is 0.0485. The van der Waals surface area contributed by atoms with E-state index in [0.717, 1.165) is 34.0 Å². The van der Waals surface area contributed by atoms with Crippen LogP contribution in [0.1, 0.15) is 17.3 Å². The van der Waals surface area contributed by atoms with Crippen LogP contribution in [-0.4, -0.2) is 7.11 Å². The lowest BCUT2D eigenvalue weighted by molar-refractivity contribution is 0.284. The molecule has 1 aliphatic heterocycles. The van der Waals surface area contributed by atoms with Gasteiger partial charge in [0.2, 0.25) is 0 Å². The molecule has 0 radical (unpaired) electrons. The number of rotatable bonds is 5. The van der Waals surface area contributed by atoms with Crippen molar-refractivity contribution in [3.63, 3.8) is 0 Å². The van der Waals surface area contributed by atoms with Crippen LogP contribution < -0.4 is 20.1 Å². The van der Waals surface area contributed by atoms with E-state index in [1.807, 2.05) is 30.3 Å². The Labute approximate surface area is 170 Å². The Balaban J connectivity index is 1.40. The summed E-state index contributed by atoms with van der Waals surface area (Å²) in [5.74, 6) is 1.46.